The highest BCUT2D eigenvalue weighted by atomic mass is 35.5. The Kier molecular flexibility index (Phi) is 3.25. The molecule has 8 heteroatoms. The van der Waals surface area contributed by atoms with E-state index in [2.05, 4.69) is 15.6 Å². The van der Waals surface area contributed by atoms with E-state index in [9.17, 15) is 18.0 Å². The van der Waals surface area contributed by atoms with Gasteiger partial charge in [-0.2, -0.15) is 13.2 Å². The molecule has 0 saturated carbocycles. The van der Waals surface area contributed by atoms with E-state index in [1.54, 1.807) is 36.4 Å². The highest BCUT2D eigenvalue weighted by Gasteiger charge is 2.58. The number of rotatable bonds is 0. The number of amides is 1. The zero-order valence-corrected chi connectivity index (χ0v) is 14.5. The van der Waals surface area contributed by atoms with Gasteiger partial charge in [0.2, 0.25) is 0 Å². The molecule has 0 fully saturated rings. The van der Waals surface area contributed by atoms with E-state index in [0.29, 0.717) is 38.4 Å². The van der Waals surface area contributed by atoms with Gasteiger partial charge in [0.15, 0.2) is 5.54 Å². The fourth-order valence-electron chi connectivity index (χ4n) is 4.18. The van der Waals surface area contributed by atoms with Gasteiger partial charge in [-0.05, 0) is 36.2 Å². The Morgan fingerprint density at radius 2 is 1.93 bits per heavy atom. The number of nitrogens with one attached hydrogen (secondary N) is 3. The Labute approximate surface area is 156 Å². The molecule has 0 aliphatic carbocycles. The van der Waals surface area contributed by atoms with Gasteiger partial charge < -0.3 is 10.3 Å². The van der Waals surface area contributed by atoms with Gasteiger partial charge >= 0.3 is 6.18 Å². The van der Waals surface area contributed by atoms with E-state index in [1.165, 1.54) is 6.07 Å². The minimum absolute atomic E-state index is 0.256. The highest BCUT2D eigenvalue weighted by molar-refractivity contribution is 6.31. The summed E-state index contributed by atoms with van der Waals surface area (Å²) in [5.74, 6) is -0.554. The minimum atomic E-state index is -4.51. The maximum absolute atomic E-state index is 13.7. The second-order valence-corrected chi connectivity index (χ2v) is 7.30. The lowest BCUT2D eigenvalue weighted by molar-refractivity contribution is -0.162. The van der Waals surface area contributed by atoms with Gasteiger partial charge in [0, 0.05) is 27.2 Å². The molecule has 0 unspecified atom stereocenters. The molecule has 3 aromatic rings. The summed E-state index contributed by atoms with van der Waals surface area (Å²) < 4.78 is 41.2. The first-order chi connectivity index (χ1) is 12.8. The average molecular weight is 392 g/mol. The second kappa shape index (κ2) is 5.27. The molecule has 1 aromatic heterocycles. The van der Waals surface area contributed by atoms with Crippen LogP contribution < -0.4 is 10.6 Å². The Bertz CT molecular complexity index is 1110. The first-order valence-corrected chi connectivity index (χ1v) is 8.74. The quantitative estimate of drug-likeness (QED) is 0.540. The van der Waals surface area contributed by atoms with Crippen molar-refractivity contribution in [1.29, 1.82) is 0 Å². The maximum Gasteiger partial charge on any atom is 0.404 e. The number of benzene rings is 2. The number of aromatic amines is 1. The van der Waals surface area contributed by atoms with Crippen LogP contribution in [0.2, 0.25) is 5.02 Å². The van der Waals surface area contributed by atoms with Crippen molar-refractivity contribution in [2.24, 2.45) is 0 Å². The third kappa shape index (κ3) is 2.18. The van der Waals surface area contributed by atoms with Crippen molar-refractivity contribution in [3.63, 3.8) is 0 Å². The Morgan fingerprint density at radius 3 is 2.70 bits per heavy atom. The standard InChI is InChI=1S/C19H13ClF3N3O/c20-9-5-6-14-12(7-9)18(17(27)25-14)16-11(8-15(26-18)19(21,22)23)10-3-1-2-4-13(10)24-16/h1-7,15,24,26H,8H2,(H,25,27)/t15-,18-/m1/s1. The number of hydrogen-bond acceptors (Lipinski definition) is 2. The Morgan fingerprint density at radius 1 is 1.15 bits per heavy atom. The van der Waals surface area contributed by atoms with Crippen LogP contribution >= 0.6 is 11.6 Å². The van der Waals surface area contributed by atoms with Crippen LogP contribution in [0.3, 0.4) is 0 Å². The number of carbonyl (C=O) groups excluding carboxylic acids is 1. The molecule has 3 heterocycles. The van der Waals surface area contributed by atoms with Crippen LogP contribution in [0.25, 0.3) is 10.9 Å². The van der Waals surface area contributed by atoms with Gasteiger partial charge in [0.05, 0.1) is 5.69 Å². The lowest BCUT2D eigenvalue weighted by Crippen LogP contribution is -2.61. The summed E-state index contributed by atoms with van der Waals surface area (Å²) in [6.45, 7) is 0. The monoisotopic (exact) mass is 391 g/mol. The number of fused-ring (bicyclic) bond motifs is 6. The molecule has 2 aliphatic heterocycles. The Balaban J connectivity index is 1.86. The summed E-state index contributed by atoms with van der Waals surface area (Å²) in [4.78, 5) is 16.2. The zero-order chi connectivity index (χ0) is 19.0. The molecule has 3 N–H and O–H groups in total. The van der Waals surface area contributed by atoms with Crippen LogP contribution in [0.5, 0.6) is 0 Å². The molecular formula is C19H13ClF3N3O. The summed E-state index contributed by atoms with van der Waals surface area (Å²) in [5, 5.41) is 6.32. The van der Waals surface area contributed by atoms with Gasteiger partial charge in [0.1, 0.15) is 6.04 Å². The molecule has 1 amide bonds. The molecule has 0 bridgehead atoms. The minimum Gasteiger partial charge on any atom is -0.356 e. The molecule has 2 aliphatic rings. The molecular weight excluding hydrogens is 379 g/mol. The molecule has 2 aromatic carbocycles. The molecule has 27 heavy (non-hydrogen) atoms. The molecule has 138 valence electrons. The number of para-hydroxylation sites is 1. The lowest BCUT2D eigenvalue weighted by Gasteiger charge is -2.39. The molecule has 2 atom stereocenters. The maximum atomic E-state index is 13.7. The van der Waals surface area contributed by atoms with Crippen molar-refractivity contribution in [3.8, 4) is 0 Å². The number of carbonyl (C=O) groups is 1. The van der Waals surface area contributed by atoms with Crippen LogP contribution in [-0.2, 0) is 16.8 Å². The topological polar surface area (TPSA) is 56.9 Å². The van der Waals surface area contributed by atoms with E-state index < -0.39 is 23.7 Å². The Hall–Kier alpha value is -2.51. The highest BCUT2D eigenvalue weighted by Crippen LogP contribution is 2.48. The van der Waals surface area contributed by atoms with Crippen LogP contribution in [0.15, 0.2) is 42.5 Å². The fourth-order valence-corrected chi connectivity index (χ4v) is 4.36. The van der Waals surface area contributed by atoms with E-state index in [0.717, 1.165) is 0 Å². The van der Waals surface area contributed by atoms with Crippen molar-refractivity contribution >= 4 is 34.1 Å². The van der Waals surface area contributed by atoms with Gasteiger partial charge in [-0.3, -0.25) is 10.1 Å². The average Bonchev–Trinajstić information content (AvgIpc) is 3.12. The number of H-pyrrole nitrogens is 1. The normalized spacial score (nSPS) is 24.1. The lowest BCUT2D eigenvalue weighted by atomic mass is 9.79. The summed E-state index contributed by atoms with van der Waals surface area (Å²) >= 11 is 6.11. The third-order valence-corrected chi connectivity index (χ3v) is 5.59. The third-order valence-electron chi connectivity index (χ3n) is 5.36. The van der Waals surface area contributed by atoms with Gasteiger partial charge in [-0.15, -0.1) is 0 Å². The second-order valence-electron chi connectivity index (χ2n) is 6.86. The summed E-state index contributed by atoms with van der Waals surface area (Å²) in [7, 11) is 0. The predicted molar refractivity (Wildman–Crippen MR) is 95.8 cm³/mol. The van der Waals surface area contributed by atoms with Crippen molar-refractivity contribution in [2.75, 3.05) is 5.32 Å². The van der Waals surface area contributed by atoms with Gasteiger partial charge in [-0.25, -0.2) is 0 Å². The zero-order valence-electron chi connectivity index (χ0n) is 13.7. The number of anilines is 1. The van der Waals surface area contributed by atoms with Crippen molar-refractivity contribution in [2.45, 2.75) is 24.2 Å². The van der Waals surface area contributed by atoms with E-state index in [4.69, 9.17) is 11.6 Å². The summed E-state index contributed by atoms with van der Waals surface area (Å²) in [6, 6.07) is 9.99. The van der Waals surface area contributed by atoms with Crippen LogP contribution in [0, 0.1) is 0 Å². The van der Waals surface area contributed by atoms with E-state index >= 15 is 0 Å². The van der Waals surface area contributed by atoms with E-state index in [1.807, 2.05) is 0 Å². The molecule has 0 radical (unpaired) electrons. The molecule has 0 saturated heterocycles. The number of hydrogen-bond donors (Lipinski definition) is 3. The number of aromatic nitrogens is 1. The van der Waals surface area contributed by atoms with Crippen LogP contribution in [-0.4, -0.2) is 23.1 Å². The van der Waals surface area contributed by atoms with Crippen molar-refractivity contribution in [3.05, 3.63) is 64.3 Å². The van der Waals surface area contributed by atoms with E-state index in [-0.39, 0.29) is 6.42 Å². The predicted octanol–water partition coefficient (Wildman–Crippen LogP) is 4.09. The number of halogens is 4. The van der Waals surface area contributed by atoms with Crippen LogP contribution in [0.4, 0.5) is 18.9 Å². The summed E-state index contributed by atoms with van der Waals surface area (Å²) in [6.07, 6.45) is -4.77. The molecule has 4 nitrogen and oxygen atoms in total. The van der Waals surface area contributed by atoms with Crippen molar-refractivity contribution in [1.82, 2.24) is 10.3 Å². The fraction of sp³-hybridized carbons (Fsp3) is 0.211. The largest absolute Gasteiger partial charge is 0.404 e. The smallest absolute Gasteiger partial charge is 0.356 e. The van der Waals surface area contributed by atoms with Gasteiger partial charge in [-0.1, -0.05) is 29.8 Å². The van der Waals surface area contributed by atoms with Crippen LogP contribution in [0.1, 0.15) is 16.8 Å². The first-order valence-electron chi connectivity index (χ1n) is 8.36. The molecule has 5 rings (SSSR count). The molecule has 1 spiro atoms. The van der Waals surface area contributed by atoms with Crippen molar-refractivity contribution < 1.29 is 18.0 Å². The summed E-state index contributed by atoms with van der Waals surface area (Å²) in [5.41, 5.74) is 0.783. The first kappa shape index (κ1) is 16.6. The van der Waals surface area contributed by atoms with Gasteiger partial charge in [0.25, 0.3) is 5.91 Å². The SMILES string of the molecule is O=C1Nc2ccc(Cl)cc2[C@]12N[C@@H](C(F)(F)F)Cc1c2[nH]c2ccccc12. The number of alkyl halides is 3.